The van der Waals surface area contributed by atoms with Crippen molar-refractivity contribution < 1.29 is 18.7 Å². The average molecular weight is 457 g/mol. The molecule has 0 spiro atoms. The normalized spacial score (nSPS) is 16.0. The number of rotatable bonds is 6. The van der Waals surface area contributed by atoms with Crippen LogP contribution in [0, 0.1) is 19.7 Å². The van der Waals surface area contributed by atoms with Gasteiger partial charge in [-0.05, 0) is 55.3 Å². The minimum Gasteiger partial charge on any atom is -0.462 e. The molecule has 2 heterocycles. The molecule has 160 valence electrons. The van der Waals surface area contributed by atoms with Gasteiger partial charge in [0, 0.05) is 17.0 Å². The van der Waals surface area contributed by atoms with Gasteiger partial charge in [-0.2, -0.15) is 0 Å². The van der Waals surface area contributed by atoms with E-state index in [9.17, 15) is 14.0 Å². The molecule has 0 bridgehead atoms. The highest BCUT2D eigenvalue weighted by molar-refractivity contribution is 8.00. The Labute approximate surface area is 188 Å². The van der Waals surface area contributed by atoms with Crippen LogP contribution in [0.4, 0.5) is 10.1 Å². The zero-order valence-electron chi connectivity index (χ0n) is 17.1. The van der Waals surface area contributed by atoms with Gasteiger partial charge in [0.2, 0.25) is 5.91 Å². The Morgan fingerprint density at radius 3 is 2.68 bits per heavy atom. The van der Waals surface area contributed by atoms with Crippen LogP contribution in [-0.4, -0.2) is 29.2 Å². The predicted molar refractivity (Wildman–Crippen MR) is 121 cm³/mol. The number of esters is 1. The fraction of sp³-hybridized carbons (Fsp3) is 0.261. The van der Waals surface area contributed by atoms with Crippen molar-refractivity contribution in [2.24, 2.45) is 0 Å². The number of amides is 1. The van der Waals surface area contributed by atoms with Crippen LogP contribution in [0.15, 0.2) is 48.0 Å². The number of aryl methyl sites for hydroxylation is 2. The topological polar surface area (TPSA) is 59.5 Å². The van der Waals surface area contributed by atoms with E-state index in [0.717, 1.165) is 27.4 Å². The molecular weight excluding hydrogens is 435 g/mol. The molecule has 4 rings (SSSR count). The van der Waals surface area contributed by atoms with Gasteiger partial charge in [0.05, 0.1) is 29.1 Å². The highest BCUT2D eigenvalue weighted by Gasteiger charge is 2.35. The van der Waals surface area contributed by atoms with E-state index in [2.05, 4.69) is 4.98 Å². The van der Waals surface area contributed by atoms with Crippen molar-refractivity contribution >= 4 is 40.7 Å². The Bertz CT molecular complexity index is 1110. The van der Waals surface area contributed by atoms with Crippen LogP contribution in [0.2, 0.25) is 0 Å². The van der Waals surface area contributed by atoms with Crippen LogP contribution >= 0.6 is 23.1 Å². The molecule has 8 heteroatoms. The standard InChI is InChI=1S/C23H21FN2O3S2/c1-14-11-17(23(28)29-10-9-20-15(2)25-13-31-20)5-8-19(14)26-21(27)12-30-22(26)16-3-6-18(24)7-4-16/h3-8,11,13,22H,9-10,12H2,1-2H3. The first-order valence-electron chi connectivity index (χ1n) is 9.80. The van der Waals surface area contributed by atoms with Crippen LogP contribution in [0.25, 0.3) is 0 Å². The molecule has 1 aliphatic rings. The molecule has 1 fully saturated rings. The van der Waals surface area contributed by atoms with Gasteiger partial charge in [-0.1, -0.05) is 12.1 Å². The van der Waals surface area contributed by atoms with Crippen molar-refractivity contribution in [2.45, 2.75) is 25.6 Å². The lowest BCUT2D eigenvalue weighted by Crippen LogP contribution is -2.28. The number of aromatic nitrogens is 1. The van der Waals surface area contributed by atoms with Crippen LogP contribution in [0.5, 0.6) is 0 Å². The lowest BCUT2D eigenvalue weighted by atomic mass is 10.1. The number of carbonyl (C=O) groups is 2. The Kier molecular flexibility index (Phi) is 6.38. The summed E-state index contributed by atoms with van der Waals surface area (Å²) >= 11 is 3.05. The molecule has 0 radical (unpaired) electrons. The van der Waals surface area contributed by atoms with E-state index in [1.165, 1.54) is 23.9 Å². The Balaban J connectivity index is 1.48. The molecule has 5 nitrogen and oxygen atoms in total. The van der Waals surface area contributed by atoms with Crippen LogP contribution in [0.1, 0.15) is 37.4 Å². The highest BCUT2D eigenvalue weighted by atomic mass is 32.2. The molecular formula is C23H21FN2O3S2. The van der Waals surface area contributed by atoms with Crippen molar-refractivity contribution in [2.75, 3.05) is 17.3 Å². The number of carbonyl (C=O) groups excluding carboxylic acids is 2. The quantitative estimate of drug-likeness (QED) is 0.484. The molecule has 1 saturated heterocycles. The SMILES string of the molecule is Cc1cc(C(=O)OCCc2scnc2C)ccc1N1C(=O)CSC1c1ccc(F)cc1. The summed E-state index contributed by atoms with van der Waals surface area (Å²) < 4.78 is 18.7. The summed E-state index contributed by atoms with van der Waals surface area (Å²) in [6.07, 6.45) is 0.637. The van der Waals surface area contributed by atoms with Gasteiger partial charge in [-0.3, -0.25) is 9.69 Å². The molecule has 1 aromatic heterocycles. The van der Waals surface area contributed by atoms with E-state index in [-0.39, 0.29) is 23.7 Å². The summed E-state index contributed by atoms with van der Waals surface area (Å²) in [5.74, 6) is -0.372. The van der Waals surface area contributed by atoms with Crippen LogP contribution < -0.4 is 4.90 Å². The first kappa shape index (κ1) is 21.5. The number of nitrogens with zero attached hydrogens (tertiary/aromatic N) is 2. The number of anilines is 1. The molecule has 31 heavy (non-hydrogen) atoms. The zero-order valence-corrected chi connectivity index (χ0v) is 18.8. The van der Waals surface area contributed by atoms with Gasteiger partial charge in [-0.25, -0.2) is 14.2 Å². The zero-order chi connectivity index (χ0) is 22.0. The first-order chi connectivity index (χ1) is 14.9. The number of hydrogen-bond acceptors (Lipinski definition) is 6. The van der Waals surface area contributed by atoms with Crippen LogP contribution in [-0.2, 0) is 16.0 Å². The Morgan fingerprint density at radius 2 is 2.00 bits per heavy atom. The van der Waals surface area contributed by atoms with E-state index < -0.39 is 5.97 Å². The maximum atomic E-state index is 13.3. The van der Waals surface area contributed by atoms with Crippen molar-refractivity contribution in [1.82, 2.24) is 4.98 Å². The molecule has 1 atom stereocenters. The molecule has 3 aromatic rings. The number of ether oxygens (including phenoxy) is 1. The summed E-state index contributed by atoms with van der Waals surface area (Å²) in [4.78, 5) is 32.1. The number of hydrogen-bond donors (Lipinski definition) is 0. The second kappa shape index (κ2) is 9.20. The summed E-state index contributed by atoms with van der Waals surface area (Å²) in [6, 6.07) is 11.4. The fourth-order valence-electron chi connectivity index (χ4n) is 3.50. The third kappa shape index (κ3) is 4.65. The van der Waals surface area contributed by atoms with E-state index in [4.69, 9.17) is 4.74 Å². The molecule has 1 amide bonds. The molecule has 2 aromatic carbocycles. The van der Waals surface area contributed by atoms with Gasteiger partial charge >= 0.3 is 5.97 Å². The number of thiazole rings is 1. The predicted octanol–water partition coefficient (Wildman–Crippen LogP) is 5.08. The third-order valence-electron chi connectivity index (χ3n) is 5.12. The summed E-state index contributed by atoms with van der Waals surface area (Å²) in [5.41, 5.74) is 5.59. The first-order valence-corrected chi connectivity index (χ1v) is 11.7. The van der Waals surface area contributed by atoms with Crippen molar-refractivity contribution in [3.8, 4) is 0 Å². The minimum absolute atomic E-state index is 0.0160. The van der Waals surface area contributed by atoms with E-state index in [0.29, 0.717) is 17.7 Å². The van der Waals surface area contributed by atoms with Crippen LogP contribution in [0.3, 0.4) is 0 Å². The average Bonchev–Trinajstić information content (AvgIpc) is 3.34. The summed E-state index contributed by atoms with van der Waals surface area (Å²) in [5, 5.41) is -0.229. The molecule has 1 aliphatic heterocycles. The van der Waals surface area contributed by atoms with Crippen molar-refractivity contribution in [3.05, 3.63) is 81.1 Å². The minimum atomic E-state index is -0.394. The maximum absolute atomic E-state index is 13.3. The van der Waals surface area contributed by atoms with Gasteiger partial charge in [0.25, 0.3) is 0 Å². The fourth-order valence-corrected chi connectivity index (χ4v) is 5.43. The van der Waals surface area contributed by atoms with E-state index >= 15 is 0 Å². The van der Waals surface area contributed by atoms with E-state index in [1.54, 1.807) is 52.1 Å². The van der Waals surface area contributed by atoms with Gasteiger partial charge in [-0.15, -0.1) is 23.1 Å². The number of thioether (sulfide) groups is 1. The molecule has 1 unspecified atom stereocenters. The smallest absolute Gasteiger partial charge is 0.338 e. The lowest BCUT2D eigenvalue weighted by molar-refractivity contribution is -0.115. The summed E-state index contributed by atoms with van der Waals surface area (Å²) in [7, 11) is 0. The maximum Gasteiger partial charge on any atom is 0.338 e. The number of benzene rings is 2. The van der Waals surface area contributed by atoms with E-state index in [1.807, 2.05) is 13.8 Å². The summed E-state index contributed by atoms with van der Waals surface area (Å²) in [6.45, 7) is 4.09. The second-order valence-corrected chi connectivity index (χ2v) is 9.23. The van der Waals surface area contributed by atoms with Gasteiger partial charge < -0.3 is 4.74 Å². The lowest BCUT2D eigenvalue weighted by Gasteiger charge is -2.26. The van der Waals surface area contributed by atoms with Gasteiger partial charge in [0.15, 0.2) is 0 Å². The number of halogens is 1. The monoisotopic (exact) mass is 456 g/mol. The largest absolute Gasteiger partial charge is 0.462 e. The molecule has 0 N–H and O–H groups in total. The highest BCUT2D eigenvalue weighted by Crippen LogP contribution is 2.42. The third-order valence-corrected chi connectivity index (χ3v) is 7.33. The second-order valence-electron chi connectivity index (χ2n) is 7.23. The molecule has 0 saturated carbocycles. The Morgan fingerprint density at radius 1 is 1.23 bits per heavy atom. The Hall–Kier alpha value is -2.71. The molecule has 0 aliphatic carbocycles. The van der Waals surface area contributed by atoms with Gasteiger partial charge in [0.1, 0.15) is 11.2 Å². The van der Waals surface area contributed by atoms with Crippen molar-refractivity contribution in [1.29, 1.82) is 0 Å². The van der Waals surface area contributed by atoms with Crippen molar-refractivity contribution in [3.63, 3.8) is 0 Å².